The van der Waals surface area contributed by atoms with Crippen molar-refractivity contribution in [1.82, 2.24) is 14.5 Å². The molecule has 0 bridgehead atoms. The standard InChI is InChI=1S/C35H33N3O2/c1-3-32(34-36-31-17-11-10-16-30(31)35(40)38(34)29-21-18-26(2)19-22-29)37(25-24-28-14-8-5-9-15-28)33(39)23-20-27-12-6-4-7-13-27/h4-23,32H,3,24-25H2,1-2H3. The molecule has 4 aromatic carbocycles. The van der Waals surface area contributed by atoms with E-state index in [1.807, 2.05) is 116 Å². The van der Waals surface area contributed by atoms with E-state index in [2.05, 4.69) is 12.1 Å². The third-order valence-electron chi connectivity index (χ3n) is 7.14. The molecule has 0 saturated carbocycles. The first-order chi connectivity index (χ1) is 19.5. The summed E-state index contributed by atoms with van der Waals surface area (Å²) in [5.41, 5.74) is 4.41. The number of benzene rings is 4. The minimum absolute atomic E-state index is 0.121. The van der Waals surface area contributed by atoms with Crippen LogP contribution in [0, 0.1) is 6.92 Å². The van der Waals surface area contributed by atoms with Crippen molar-refractivity contribution in [1.29, 1.82) is 0 Å². The van der Waals surface area contributed by atoms with Crippen molar-refractivity contribution in [2.75, 3.05) is 6.54 Å². The van der Waals surface area contributed by atoms with Crippen molar-refractivity contribution >= 4 is 22.9 Å². The number of carbonyl (C=O) groups is 1. The summed E-state index contributed by atoms with van der Waals surface area (Å²) in [6.45, 7) is 4.54. The highest BCUT2D eigenvalue weighted by atomic mass is 16.2. The Morgan fingerprint density at radius 2 is 1.52 bits per heavy atom. The van der Waals surface area contributed by atoms with Crippen LogP contribution in [0.1, 0.15) is 41.9 Å². The Bertz CT molecular complexity index is 1670. The van der Waals surface area contributed by atoms with Gasteiger partial charge in [-0.15, -0.1) is 0 Å². The van der Waals surface area contributed by atoms with E-state index in [4.69, 9.17) is 4.98 Å². The number of aryl methyl sites for hydroxylation is 1. The van der Waals surface area contributed by atoms with Gasteiger partial charge in [-0.1, -0.05) is 97.4 Å². The van der Waals surface area contributed by atoms with Gasteiger partial charge in [-0.05, 0) is 61.2 Å². The fourth-order valence-corrected chi connectivity index (χ4v) is 5.00. The number of carbonyl (C=O) groups excluding carboxylic acids is 1. The SMILES string of the molecule is CCC(c1nc2ccccc2c(=O)n1-c1ccc(C)cc1)N(CCc1ccccc1)C(=O)C=Cc1ccccc1. The summed E-state index contributed by atoms with van der Waals surface area (Å²) in [5.74, 6) is 0.439. The summed E-state index contributed by atoms with van der Waals surface area (Å²) < 4.78 is 1.68. The number of fused-ring (bicyclic) bond motifs is 1. The summed E-state index contributed by atoms with van der Waals surface area (Å²) in [6.07, 6.45) is 4.74. The fraction of sp³-hybridized carbons (Fsp3) is 0.171. The molecule has 1 atom stereocenters. The molecule has 0 N–H and O–H groups in total. The maximum Gasteiger partial charge on any atom is 0.266 e. The van der Waals surface area contributed by atoms with Gasteiger partial charge in [-0.2, -0.15) is 0 Å². The molecule has 5 aromatic rings. The highest BCUT2D eigenvalue weighted by molar-refractivity contribution is 5.92. The third kappa shape index (κ3) is 5.94. The number of hydrogen-bond donors (Lipinski definition) is 0. The van der Waals surface area contributed by atoms with Crippen LogP contribution in [-0.4, -0.2) is 26.9 Å². The summed E-state index contributed by atoms with van der Waals surface area (Å²) in [7, 11) is 0. The lowest BCUT2D eigenvalue weighted by Crippen LogP contribution is -2.39. The number of hydrogen-bond acceptors (Lipinski definition) is 3. The van der Waals surface area contributed by atoms with E-state index in [-0.39, 0.29) is 11.5 Å². The van der Waals surface area contributed by atoms with E-state index in [9.17, 15) is 9.59 Å². The van der Waals surface area contributed by atoms with Gasteiger partial charge in [0.05, 0.1) is 22.6 Å². The molecular formula is C35H33N3O2. The van der Waals surface area contributed by atoms with Gasteiger partial charge in [0, 0.05) is 12.6 Å². The van der Waals surface area contributed by atoms with Crippen LogP contribution in [0.3, 0.4) is 0 Å². The van der Waals surface area contributed by atoms with Crippen molar-refractivity contribution in [3.8, 4) is 5.69 Å². The van der Waals surface area contributed by atoms with Crippen LogP contribution in [-0.2, 0) is 11.2 Å². The normalized spacial score (nSPS) is 12.1. The molecule has 0 aliphatic heterocycles. The predicted octanol–water partition coefficient (Wildman–Crippen LogP) is 6.93. The molecule has 40 heavy (non-hydrogen) atoms. The zero-order valence-electron chi connectivity index (χ0n) is 22.9. The Labute approximate surface area is 235 Å². The molecule has 0 saturated heterocycles. The van der Waals surface area contributed by atoms with Gasteiger partial charge in [0.2, 0.25) is 5.91 Å². The largest absolute Gasteiger partial charge is 0.329 e. The van der Waals surface area contributed by atoms with E-state index < -0.39 is 6.04 Å². The monoisotopic (exact) mass is 527 g/mol. The minimum Gasteiger partial charge on any atom is -0.329 e. The van der Waals surface area contributed by atoms with Crippen LogP contribution >= 0.6 is 0 Å². The van der Waals surface area contributed by atoms with Gasteiger partial charge in [-0.25, -0.2) is 4.98 Å². The number of para-hydroxylation sites is 1. The number of rotatable bonds is 9. The Hall–Kier alpha value is -4.77. The molecule has 1 unspecified atom stereocenters. The Balaban J connectivity index is 1.63. The van der Waals surface area contributed by atoms with Gasteiger partial charge >= 0.3 is 0 Å². The van der Waals surface area contributed by atoms with Crippen LogP contribution in [0.4, 0.5) is 0 Å². The maximum atomic E-state index is 13.9. The van der Waals surface area contributed by atoms with Gasteiger partial charge in [0.15, 0.2) is 0 Å². The Morgan fingerprint density at radius 1 is 0.875 bits per heavy atom. The Kier molecular flexibility index (Phi) is 8.31. The molecule has 0 aliphatic rings. The van der Waals surface area contributed by atoms with Gasteiger partial charge in [-0.3, -0.25) is 14.2 Å². The second kappa shape index (κ2) is 12.4. The lowest BCUT2D eigenvalue weighted by molar-refractivity contribution is -0.128. The highest BCUT2D eigenvalue weighted by Crippen LogP contribution is 2.27. The fourth-order valence-electron chi connectivity index (χ4n) is 5.00. The molecule has 0 radical (unpaired) electrons. The zero-order chi connectivity index (χ0) is 27.9. The smallest absolute Gasteiger partial charge is 0.266 e. The molecule has 0 spiro atoms. The van der Waals surface area contributed by atoms with E-state index >= 15 is 0 Å². The number of amides is 1. The molecular weight excluding hydrogens is 494 g/mol. The molecule has 0 fully saturated rings. The zero-order valence-corrected chi connectivity index (χ0v) is 22.9. The van der Waals surface area contributed by atoms with Crippen LogP contribution in [0.2, 0.25) is 0 Å². The molecule has 5 rings (SSSR count). The average Bonchev–Trinajstić information content (AvgIpc) is 3.00. The van der Waals surface area contributed by atoms with Crippen LogP contribution in [0.25, 0.3) is 22.7 Å². The van der Waals surface area contributed by atoms with E-state index in [0.717, 1.165) is 22.4 Å². The quantitative estimate of drug-likeness (QED) is 0.195. The molecule has 5 heteroatoms. The molecule has 0 aliphatic carbocycles. The number of nitrogens with zero attached hydrogens (tertiary/aromatic N) is 3. The summed E-state index contributed by atoms with van der Waals surface area (Å²) in [5, 5.41) is 0.549. The van der Waals surface area contributed by atoms with E-state index in [1.54, 1.807) is 16.7 Å². The average molecular weight is 528 g/mol. The first-order valence-corrected chi connectivity index (χ1v) is 13.7. The lowest BCUT2D eigenvalue weighted by atomic mass is 10.1. The highest BCUT2D eigenvalue weighted by Gasteiger charge is 2.28. The first kappa shape index (κ1) is 26.8. The first-order valence-electron chi connectivity index (χ1n) is 13.7. The predicted molar refractivity (Wildman–Crippen MR) is 162 cm³/mol. The third-order valence-corrected chi connectivity index (χ3v) is 7.14. The second-order valence-corrected chi connectivity index (χ2v) is 9.90. The molecule has 1 heterocycles. The summed E-state index contributed by atoms with van der Waals surface area (Å²) >= 11 is 0. The number of aromatic nitrogens is 2. The minimum atomic E-state index is -0.421. The van der Waals surface area contributed by atoms with Gasteiger partial charge in [0.1, 0.15) is 5.82 Å². The van der Waals surface area contributed by atoms with Crippen LogP contribution < -0.4 is 5.56 Å². The lowest BCUT2D eigenvalue weighted by Gasteiger charge is -2.32. The van der Waals surface area contributed by atoms with Crippen molar-refractivity contribution in [3.05, 3.63) is 148 Å². The van der Waals surface area contributed by atoms with Gasteiger partial charge < -0.3 is 4.90 Å². The molecule has 5 nitrogen and oxygen atoms in total. The van der Waals surface area contributed by atoms with Crippen molar-refractivity contribution in [2.45, 2.75) is 32.7 Å². The van der Waals surface area contributed by atoms with E-state index in [1.165, 1.54) is 0 Å². The molecule has 1 amide bonds. The van der Waals surface area contributed by atoms with E-state index in [0.29, 0.717) is 36.1 Å². The van der Waals surface area contributed by atoms with Crippen LogP contribution in [0.5, 0.6) is 0 Å². The van der Waals surface area contributed by atoms with Crippen LogP contribution in [0.15, 0.2) is 120 Å². The molecule has 200 valence electrons. The summed E-state index contributed by atoms with van der Waals surface area (Å²) in [6, 6.07) is 34.8. The van der Waals surface area contributed by atoms with Crippen molar-refractivity contribution in [3.63, 3.8) is 0 Å². The molecule has 1 aromatic heterocycles. The second-order valence-electron chi connectivity index (χ2n) is 9.90. The summed E-state index contributed by atoms with van der Waals surface area (Å²) in [4.78, 5) is 34.7. The van der Waals surface area contributed by atoms with Gasteiger partial charge in [0.25, 0.3) is 5.56 Å². The van der Waals surface area contributed by atoms with Crippen molar-refractivity contribution < 1.29 is 4.79 Å². The van der Waals surface area contributed by atoms with Crippen molar-refractivity contribution in [2.24, 2.45) is 0 Å². The topological polar surface area (TPSA) is 55.2 Å². The maximum absolute atomic E-state index is 13.9. The Morgan fingerprint density at radius 3 is 2.23 bits per heavy atom.